The van der Waals surface area contributed by atoms with Crippen molar-refractivity contribution in [3.05, 3.63) is 29.8 Å². The number of hydrogen-bond donors (Lipinski definition) is 2. The van der Waals surface area contributed by atoms with E-state index in [4.69, 9.17) is 0 Å². The van der Waals surface area contributed by atoms with E-state index in [0.717, 1.165) is 38.0 Å². The van der Waals surface area contributed by atoms with E-state index < -0.39 is 10.0 Å². The summed E-state index contributed by atoms with van der Waals surface area (Å²) in [5.74, 6) is 0.709. The molecule has 1 aromatic carbocycles. The Kier molecular flexibility index (Phi) is 10.7. The Morgan fingerprint density at radius 3 is 2.46 bits per heavy atom. The van der Waals surface area contributed by atoms with Gasteiger partial charge in [0.25, 0.3) is 0 Å². The van der Waals surface area contributed by atoms with Crippen LogP contribution in [0.3, 0.4) is 0 Å². The molecule has 9 heteroatoms. The summed E-state index contributed by atoms with van der Waals surface area (Å²) in [7, 11) is 1.36. The Balaban J connectivity index is 0.00000392. The van der Waals surface area contributed by atoms with Gasteiger partial charge in [0.05, 0.1) is 4.90 Å². The normalized spacial score (nSPS) is 16.7. The highest BCUT2D eigenvalue weighted by Crippen LogP contribution is 2.18. The van der Waals surface area contributed by atoms with E-state index in [1.54, 1.807) is 33.3 Å². The lowest BCUT2D eigenvalue weighted by Crippen LogP contribution is -2.48. The lowest BCUT2D eigenvalue weighted by atomic mass is 10.1. The third-order valence-electron chi connectivity index (χ3n) is 4.87. The standard InChI is InChI=1S/C19H33N5O2S.HI/c1-5-12-24-13-10-17(11-14-24)22-19(20-2)21-15-16-8-6-7-9-18(16)27(25,26)23(3)4;/h6-9,17H,5,10-15H2,1-4H3,(H2,20,21,22);1H. The van der Waals surface area contributed by atoms with Gasteiger partial charge >= 0.3 is 0 Å². The number of rotatable bonds is 7. The molecule has 2 N–H and O–H groups in total. The SMILES string of the molecule is CCCN1CCC(NC(=NC)NCc2ccccc2S(=O)(=O)N(C)C)CC1.I. The van der Waals surface area contributed by atoms with Crippen LogP contribution in [0.1, 0.15) is 31.7 Å². The van der Waals surface area contributed by atoms with Gasteiger partial charge in [0, 0.05) is 46.8 Å². The smallest absolute Gasteiger partial charge is 0.242 e. The molecule has 0 bridgehead atoms. The molecule has 1 aliphatic heterocycles. The molecular weight excluding hydrogens is 489 g/mol. The molecule has 0 spiro atoms. The first-order valence-corrected chi connectivity index (χ1v) is 11.0. The van der Waals surface area contributed by atoms with Gasteiger partial charge in [-0.15, -0.1) is 24.0 Å². The third kappa shape index (κ3) is 6.85. The molecule has 28 heavy (non-hydrogen) atoms. The highest BCUT2D eigenvalue weighted by molar-refractivity contribution is 14.0. The minimum atomic E-state index is -3.47. The number of halogens is 1. The van der Waals surface area contributed by atoms with E-state index in [1.807, 2.05) is 12.1 Å². The van der Waals surface area contributed by atoms with E-state index in [1.165, 1.54) is 10.7 Å². The molecule has 0 atom stereocenters. The average molecular weight is 523 g/mol. The van der Waals surface area contributed by atoms with Gasteiger partial charge in [-0.3, -0.25) is 4.99 Å². The minimum Gasteiger partial charge on any atom is -0.354 e. The summed E-state index contributed by atoms with van der Waals surface area (Å²) < 4.78 is 26.3. The Morgan fingerprint density at radius 1 is 1.25 bits per heavy atom. The number of sulfonamides is 1. The monoisotopic (exact) mass is 523 g/mol. The summed E-state index contributed by atoms with van der Waals surface area (Å²) in [5.41, 5.74) is 0.729. The fraction of sp³-hybridized carbons (Fsp3) is 0.632. The quantitative estimate of drug-likeness (QED) is 0.325. The van der Waals surface area contributed by atoms with Crippen molar-refractivity contribution in [3.63, 3.8) is 0 Å². The zero-order chi connectivity index (χ0) is 19.9. The maximum Gasteiger partial charge on any atom is 0.242 e. The van der Waals surface area contributed by atoms with Crippen LogP contribution >= 0.6 is 24.0 Å². The molecule has 0 radical (unpaired) electrons. The lowest BCUT2D eigenvalue weighted by molar-refractivity contribution is 0.206. The van der Waals surface area contributed by atoms with Crippen LogP contribution in [0.4, 0.5) is 0 Å². The predicted octanol–water partition coefficient (Wildman–Crippen LogP) is 2.09. The number of hydrogen-bond acceptors (Lipinski definition) is 4. The number of nitrogens with one attached hydrogen (secondary N) is 2. The molecule has 2 rings (SSSR count). The number of benzene rings is 1. The van der Waals surface area contributed by atoms with Crippen molar-refractivity contribution >= 4 is 40.0 Å². The molecule has 1 heterocycles. The maximum absolute atomic E-state index is 12.5. The summed E-state index contributed by atoms with van der Waals surface area (Å²) in [6.07, 6.45) is 3.37. The molecule has 1 aromatic rings. The highest BCUT2D eigenvalue weighted by Gasteiger charge is 2.22. The Bertz CT molecular complexity index is 732. The van der Waals surface area contributed by atoms with Crippen LogP contribution in [0.15, 0.2) is 34.2 Å². The topological polar surface area (TPSA) is 77.0 Å². The third-order valence-corrected chi connectivity index (χ3v) is 6.78. The van der Waals surface area contributed by atoms with Crippen molar-refractivity contribution in [3.8, 4) is 0 Å². The second-order valence-electron chi connectivity index (χ2n) is 7.08. The van der Waals surface area contributed by atoms with Crippen molar-refractivity contribution in [2.24, 2.45) is 4.99 Å². The molecule has 0 saturated carbocycles. The molecular formula is C19H34IN5O2S. The zero-order valence-corrected chi connectivity index (χ0v) is 20.5. The number of guanidine groups is 1. The second-order valence-corrected chi connectivity index (χ2v) is 9.20. The first-order chi connectivity index (χ1) is 12.9. The highest BCUT2D eigenvalue weighted by atomic mass is 127. The summed E-state index contributed by atoms with van der Waals surface area (Å²) in [6.45, 7) is 5.98. The van der Waals surface area contributed by atoms with E-state index in [2.05, 4.69) is 27.4 Å². The molecule has 0 amide bonds. The number of nitrogens with zero attached hydrogens (tertiary/aromatic N) is 3. The fourth-order valence-electron chi connectivity index (χ4n) is 3.28. The van der Waals surface area contributed by atoms with Crippen molar-refractivity contribution in [1.82, 2.24) is 19.8 Å². The molecule has 1 aliphatic rings. The fourth-order valence-corrected chi connectivity index (χ4v) is 4.40. The van der Waals surface area contributed by atoms with Gasteiger partial charge in [0.1, 0.15) is 0 Å². The largest absolute Gasteiger partial charge is 0.354 e. The first kappa shape index (κ1) is 25.1. The van der Waals surface area contributed by atoms with Crippen LogP contribution in [0.25, 0.3) is 0 Å². The van der Waals surface area contributed by atoms with Crippen LogP contribution in [0, 0.1) is 0 Å². The summed E-state index contributed by atoms with van der Waals surface area (Å²) in [6, 6.07) is 7.47. The molecule has 0 aromatic heterocycles. The van der Waals surface area contributed by atoms with E-state index >= 15 is 0 Å². The Hall–Kier alpha value is -0.910. The molecule has 1 saturated heterocycles. The van der Waals surface area contributed by atoms with Gasteiger partial charge in [0.15, 0.2) is 5.96 Å². The van der Waals surface area contributed by atoms with Crippen LogP contribution in [0.5, 0.6) is 0 Å². The number of aliphatic imine (C=N–C) groups is 1. The first-order valence-electron chi connectivity index (χ1n) is 9.58. The van der Waals surface area contributed by atoms with Crippen molar-refractivity contribution in [2.45, 2.75) is 43.7 Å². The zero-order valence-electron chi connectivity index (χ0n) is 17.3. The number of piperidine rings is 1. The van der Waals surface area contributed by atoms with E-state index in [9.17, 15) is 8.42 Å². The number of likely N-dealkylation sites (tertiary alicyclic amines) is 1. The minimum absolute atomic E-state index is 0. The van der Waals surface area contributed by atoms with Gasteiger partial charge < -0.3 is 15.5 Å². The molecule has 7 nitrogen and oxygen atoms in total. The summed E-state index contributed by atoms with van der Waals surface area (Å²) >= 11 is 0. The van der Waals surface area contributed by atoms with Gasteiger partial charge in [-0.2, -0.15) is 0 Å². The van der Waals surface area contributed by atoms with Crippen LogP contribution in [-0.4, -0.2) is 70.4 Å². The van der Waals surface area contributed by atoms with Crippen molar-refractivity contribution in [2.75, 3.05) is 40.8 Å². The molecule has 160 valence electrons. The maximum atomic E-state index is 12.5. The molecule has 0 aliphatic carbocycles. The summed E-state index contributed by atoms with van der Waals surface area (Å²) in [5, 5.41) is 6.73. The summed E-state index contributed by atoms with van der Waals surface area (Å²) in [4.78, 5) is 7.12. The van der Waals surface area contributed by atoms with Gasteiger partial charge in [0.2, 0.25) is 10.0 Å². The average Bonchev–Trinajstić information content (AvgIpc) is 2.66. The van der Waals surface area contributed by atoms with Gasteiger partial charge in [-0.25, -0.2) is 12.7 Å². The van der Waals surface area contributed by atoms with Crippen LogP contribution < -0.4 is 10.6 Å². The van der Waals surface area contributed by atoms with Crippen LogP contribution in [-0.2, 0) is 16.6 Å². The molecule has 0 unspecified atom stereocenters. The van der Waals surface area contributed by atoms with Gasteiger partial charge in [-0.1, -0.05) is 25.1 Å². The van der Waals surface area contributed by atoms with Crippen molar-refractivity contribution in [1.29, 1.82) is 0 Å². The van der Waals surface area contributed by atoms with Crippen molar-refractivity contribution < 1.29 is 8.42 Å². The van der Waals surface area contributed by atoms with E-state index in [-0.39, 0.29) is 24.0 Å². The van der Waals surface area contributed by atoms with E-state index in [0.29, 0.717) is 23.4 Å². The van der Waals surface area contributed by atoms with Crippen LogP contribution in [0.2, 0.25) is 0 Å². The lowest BCUT2D eigenvalue weighted by Gasteiger charge is -2.32. The second kappa shape index (κ2) is 11.9. The Morgan fingerprint density at radius 2 is 1.89 bits per heavy atom. The predicted molar refractivity (Wildman–Crippen MR) is 126 cm³/mol. The Labute approximate surface area is 187 Å². The molecule has 1 fully saturated rings. The van der Waals surface area contributed by atoms with Gasteiger partial charge in [-0.05, 0) is 37.4 Å².